The fourth-order valence-electron chi connectivity index (χ4n) is 2.02. The Hall–Kier alpha value is -0.720. The molecular weight excluding hydrogens is 307 g/mol. The molecule has 7 heteroatoms. The number of H-pyrrole nitrogens is 1. The van der Waals surface area contributed by atoms with E-state index in [1.807, 2.05) is 11.5 Å². The molecule has 1 N–H and O–H groups in total. The molecule has 0 spiro atoms. The van der Waals surface area contributed by atoms with Crippen LogP contribution in [0, 0.1) is 10.6 Å². The van der Waals surface area contributed by atoms with E-state index in [1.54, 1.807) is 12.3 Å². The number of imidazole rings is 1. The lowest BCUT2D eigenvalue weighted by atomic mass is 10.2. The number of nitrogens with one attached hydrogen (secondary N) is 1. The molecule has 1 heterocycles. The average molecular weight is 321 g/mol. The molecule has 0 saturated heterocycles. The number of benzene rings is 1. The van der Waals surface area contributed by atoms with Crippen LogP contribution in [0.2, 0.25) is 5.02 Å². The fraction of sp³-hybridized carbons (Fsp3) is 0.417. The fourth-order valence-corrected chi connectivity index (χ4v) is 3.24. The van der Waals surface area contributed by atoms with E-state index < -0.39 is 16.6 Å². The van der Waals surface area contributed by atoms with E-state index in [4.69, 9.17) is 23.8 Å². The van der Waals surface area contributed by atoms with E-state index in [9.17, 15) is 8.60 Å². The highest BCUT2D eigenvalue weighted by atomic mass is 35.5. The molecule has 0 radical (unpaired) electrons. The molecule has 2 aromatic rings. The van der Waals surface area contributed by atoms with Crippen LogP contribution in [0.1, 0.15) is 19.4 Å². The van der Waals surface area contributed by atoms with E-state index in [1.165, 1.54) is 6.07 Å². The van der Waals surface area contributed by atoms with Gasteiger partial charge in [-0.3, -0.25) is 4.21 Å². The number of aromatic nitrogens is 2. The molecule has 2 atom stereocenters. The van der Waals surface area contributed by atoms with Crippen LogP contribution in [0.25, 0.3) is 11.0 Å². The van der Waals surface area contributed by atoms with Crippen LogP contribution >= 0.6 is 23.8 Å². The number of nitrogens with zero attached hydrogens (tertiary/aromatic N) is 1. The highest BCUT2D eigenvalue weighted by Gasteiger charge is 2.14. The Morgan fingerprint density at radius 3 is 2.89 bits per heavy atom. The van der Waals surface area contributed by atoms with E-state index in [0.29, 0.717) is 16.0 Å². The van der Waals surface area contributed by atoms with Crippen molar-refractivity contribution in [2.24, 2.45) is 0 Å². The van der Waals surface area contributed by atoms with Crippen LogP contribution in [0.15, 0.2) is 12.1 Å². The van der Waals surface area contributed by atoms with Crippen LogP contribution < -0.4 is 0 Å². The predicted octanol–water partition coefficient (Wildman–Crippen LogP) is 3.82. The molecule has 0 bridgehead atoms. The monoisotopic (exact) mass is 320 g/mol. The second kappa shape index (κ2) is 5.73. The summed E-state index contributed by atoms with van der Waals surface area (Å²) in [5.41, 5.74) is 1.39. The van der Waals surface area contributed by atoms with Gasteiger partial charge >= 0.3 is 0 Å². The molecule has 0 aliphatic carbocycles. The Morgan fingerprint density at radius 1 is 1.58 bits per heavy atom. The lowest BCUT2D eigenvalue weighted by molar-refractivity contribution is 0.539. The highest BCUT2D eigenvalue weighted by Crippen LogP contribution is 2.26. The number of fused-ring (bicyclic) bond motifs is 1. The normalized spacial score (nSPS) is 14.7. The Labute approximate surface area is 123 Å². The summed E-state index contributed by atoms with van der Waals surface area (Å²) in [4.78, 5) is 2.97. The Bertz CT molecular complexity index is 695. The lowest BCUT2D eigenvalue weighted by Gasteiger charge is -2.14. The van der Waals surface area contributed by atoms with Gasteiger partial charge in [-0.2, -0.15) is 0 Å². The summed E-state index contributed by atoms with van der Waals surface area (Å²) in [5.74, 6) is 0.129. The van der Waals surface area contributed by atoms with E-state index in [0.717, 1.165) is 11.9 Å². The third-order valence-electron chi connectivity index (χ3n) is 3.02. The first-order valence-corrected chi connectivity index (χ1v) is 8.30. The zero-order valence-electron chi connectivity index (χ0n) is 10.6. The molecule has 0 saturated carbocycles. The molecule has 0 fully saturated rings. The summed E-state index contributed by atoms with van der Waals surface area (Å²) in [6.07, 6.45) is 2.41. The first-order chi connectivity index (χ1) is 8.90. The lowest BCUT2D eigenvalue weighted by Crippen LogP contribution is -2.09. The van der Waals surface area contributed by atoms with Gasteiger partial charge in [-0.15, -0.1) is 0 Å². The van der Waals surface area contributed by atoms with Gasteiger partial charge in [0.15, 0.2) is 4.77 Å². The highest BCUT2D eigenvalue weighted by molar-refractivity contribution is 7.84. The van der Waals surface area contributed by atoms with Crippen molar-refractivity contribution in [3.63, 3.8) is 0 Å². The van der Waals surface area contributed by atoms with Gasteiger partial charge in [0.05, 0.1) is 16.1 Å². The summed E-state index contributed by atoms with van der Waals surface area (Å²) in [6, 6.07) is 2.98. The van der Waals surface area contributed by atoms with Crippen molar-refractivity contribution in [3.8, 4) is 0 Å². The summed E-state index contributed by atoms with van der Waals surface area (Å²) < 4.78 is 27.0. The zero-order valence-corrected chi connectivity index (χ0v) is 13.0. The first kappa shape index (κ1) is 14.7. The molecule has 19 heavy (non-hydrogen) atoms. The van der Waals surface area contributed by atoms with Crippen molar-refractivity contribution >= 4 is 45.7 Å². The summed E-state index contributed by atoms with van der Waals surface area (Å²) in [7, 11) is -0.840. The van der Waals surface area contributed by atoms with Gasteiger partial charge in [-0.05, 0) is 31.6 Å². The van der Waals surface area contributed by atoms with Gasteiger partial charge in [-0.1, -0.05) is 11.6 Å². The van der Waals surface area contributed by atoms with Crippen molar-refractivity contribution in [1.29, 1.82) is 0 Å². The van der Waals surface area contributed by atoms with E-state index in [2.05, 4.69) is 4.98 Å². The van der Waals surface area contributed by atoms with Crippen LogP contribution in [-0.2, 0) is 10.8 Å². The van der Waals surface area contributed by atoms with Crippen LogP contribution in [0.3, 0.4) is 0 Å². The van der Waals surface area contributed by atoms with Crippen molar-refractivity contribution in [2.75, 3.05) is 12.0 Å². The second-order valence-electron chi connectivity index (χ2n) is 4.50. The maximum Gasteiger partial charge on any atom is 0.178 e. The van der Waals surface area contributed by atoms with Crippen LogP contribution in [0.5, 0.6) is 0 Å². The largest absolute Gasteiger partial charge is 0.330 e. The standard InChI is InChI=1S/C12H14ClFN2OS2/c1-7(3-4-19(2)17)16-11-5-8(13)9(14)6-10(11)15-12(16)18/h5-7H,3-4H2,1-2H3,(H,15,18). The molecule has 104 valence electrons. The van der Waals surface area contributed by atoms with Gasteiger partial charge in [0, 0.05) is 34.9 Å². The maximum atomic E-state index is 13.4. The topological polar surface area (TPSA) is 37.8 Å². The smallest absolute Gasteiger partial charge is 0.178 e. The number of aromatic amines is 1. The minimum atomic E-state index is -0.840. The number of hydrogen-bond donors (Lipinski definition) is 1. The number of rotatable bonds is 4. The number of halogens is 2. The number of hydrogen-bond acceptors (Lipinski definition) is 2. The van der Waals surface area contributed by atoms with E-state index >= 15 is 0 Å². The van der Waals surface area contributed by atoms with Gasteiger partial charge < -0.3 is 9.55 Å². The van der Waals surface area contributed by atoms with Crippen LogP contribution in [-0.4, -0.2) is 25.8 Å². The summed E-state index contributed by atoms with van der Waals surface area (Å²) >= 11 is 11.1. The van der Waals surface area contributed by atoms with Gasteiger partial charge in [0.2, 0.25) is 0 Å². The second-order valence-corrected chi connectivity index (χ2v) is 6.85. The minimum Gasteiger partial charge on any atom is -0.330 e. The molecule has 1 aromatic heterocycles. The van der Waals surface area contributed by atoms with E-state index in [-0.39, 0.29) is 11.1 Å². The van der Waals surface area contributed by atoms with Crippen LogP contribution in [0.4, 0.5) is 4.39 Å². The van der Waals surface area contributed by atoms with Crippen molar-refractivity contribution in [1.82, 2.24) is 9.55 Å². The molecule has 2 unspecified atom stereocenters. The molecule has 1 aromatic carbocycles. The quantitative estimate of drug-likeness (QED) is 0.870. The van der Waals surface area contributed by atoms with Crippen molar-refractivity contribution < 1.29 is 8.60 Å². The Balaban J connectivity index is 2.47. The Kier molecular flexibility index (Phi) is 4.43. The molecule has 0 aliphatic rings. The molecule has 0 amide bonds. The molecule has 0 aliphatic heterocycles. The third-order valence-corrected chi connectivity index (χ3v) is 4.42. The summed E-state index contributed by atoms with van der Waals surface area (Å²) in [5, 5.41) is 0.0708. The molecular formula is C12H14ClFN2OS2. The van der Waals surface area contributed by atoms with Crippen molar-refractivity contribution in [3.05, 3.63) is 27.7 Å². The molecule has 3 nitrogen and oxygen atoms in total. The van der Waals surface area contributed by atoms with Gasteiger partial charge in [0.1, 0.15) is 5.82 Å². The first-order valence-electron chi connectivity index (χ1n) is 5.79. The predicted molar refractivity (Wildman–Crippen MR) is 80.4 cm³/mol. The third kappa shape index (κ3) is 3.07. The SMILES string of the molecule is CC(CCS(C)=O)n1c(=S)[nH]c2cc(F)c(Cl)cc21. The minimum absolute atomic E-state index is 0.0708. The zero-order chi connectivity index (χ0) is 14.2. The van der Waals surface area contributed by atoms with Gasteiger partial charge in [0.25, 0.3) is 0 Å². The maximum absolute atomic E-state index is 13.4. The Morgan fingerprint density at radius 2 is 2.26 bits per heavy atom. The summed E-state index contributed by atoms with van der Waals surface area (Å²) in [6.45, 7) is 1.99. The van der Waals surface area contributed by atoms with Crippen molar-refractivity contribution in [2.45, 2.75) is 19.4 Å². The average Bonchev–Trinajstić information content (AvgIpc) is 2.62. The van der Waals surface area contributed by atoms with Gasteiger partial charge in [-0.25, -0.2) is 4.39 Å². The molecule has 2 rings (SSSR count).